The van der Waals surface area contributed by atoms with Gasteiger partial charge in [-0.1, -0.05) is 0 Å². The third kappa shape index (κ3) is 2.69. The summed E-state index contributed by atoms with van der Waals surface area (Å²) < 4.78 is 10.1. The first-order valence-electron chi connectivity index (χ1n) is 4.93. The Balaban J connectivity index is 2.77. The predicted molar refractivity (Wildman–Crippen MR) is 52.4 cm³/mol. The number of carbonyl (C=O) groups is 1. The van der Waals surface area contributed by atoms with Crippen molar-refractivity contribution in [1.29, 1.82) is 0 Å². The second kappa shape index (κ2) is 5.55. The molecule has 1 rings (SSSR count). The molecule has 0 spiro atoms. The summed E-state index contributed by atoms with van der Waals surface area (Å²) >= 11 is 0. The molecule has 0 aromatic carbocycles. The van der Waals surface area contributed by atoms with Gasteiger partial charge in [0.25, 0.3) is 0 Å². The van der Waals surface area contributed by atoms with E-state index in [9.17, 15) is 15.0 Å². The van der Waals surface area contributed by atoms with E-state index in [4.69, 9.17) is 14.6 Å². The minimum atomic E-state index is -1.27. The molecule has 5 atom stereocenters. The van der Waals surface area contributed by atoms with Crippen LogP contribution in [0, 0.1) is 0 Å². The van der Waals surface area contributed by atoms with Gasteiger partial charge in [-0.05, 0) is 0 Å². The van der Waals surface area contributed by atoms with Crippen molar-refractivity contribution >= 4 is 5.91 Å². The van der Waals surface area contributed by atoms with E-state index in [0.29, 0.717) is 0 Å². The number of rotatable bonds is 3. The Hall–Kier alpha value is -0.730. The van der Waals surface area contributed by atoms with Crippen molar-refractivity contribution in [2.45, 2.75) is 37.6 Å². The van der Waals surface area contributed by atoms with Crippen molar-refractivity contribution in [2.24, 2.45) is 0 Å². The maximum absolute atomic E-state index is 10.9. The van der Waals surface area contributed by atoms with Crippen LogP contribution in [0.3, 0.4) is 0 Å². The topological polar surface area (TPSA) is 108 Å². The molecule has 1 amide bonds. The van der Waals surface area contributed by atoms with Gasteiger partial charge in [0.05, 0.1) is 6.61 Å². The SMILES string of the molecule is CO[13C@@H]1O[C@H](CO)[C@H](O)[C@@H](O)[C@H]1[15NH][13C]([13CH3])=O. The van der Waals surface area contributed by atoms with E-state index in [1.807, 2.05) is 0 Å². The average Bonchev–Trinajstić information content (AvgIpc) is 2.25. The number of methoxy groups -OCH3 is 1. The summed E-state index contributed by atoms with van der Waals surface area (Å²) in [4.78, 5) is 10.9. The lowest BCUT2D eigenvalue weighted by atomic mass is 10.0. The molecule has 1 aliphatic rings. The van der Waals surface area contributed by atoms with E-state index in [-0.39, 0.29) is 5.91 Å². The smallest absolute Gasteiger partial charge is 0.217 e. The van der Waals surface area contributed by atoms with Gasteiger partial charge in [0.2, 0.25) is 5.91 Å². The quantitative estimate of drug-likeness (QED) is 0.322. The van der Waals surface area contributed by atoms with Crippen molar-refractivity contribution < 1.29 is 29.6 Å². The Morgan fingerprint density at radius 2 is 2.06 bits per heavy atom. The lowest BCUT2D eigenvalue weighted by Crippen LogP contribution is -2.64. The summed E-state index contributed by atoms with van der Waals surface area (Å²) in [5, 5.41) is 30.7. The van der Waals surface area contributed by atoms with Gasteiger partial charge in [-0.3, -0.25) is 4.79 Å². The lowest BCUT2D eigenvalue weighted by molar-refractivity contribution is -0.262. The summed E-state index contributed by atoms with van der Waals surface area (Å²) in [5.41, 5.74) is 0. The maximum Gasteiger partial charge on any atom is 0.217 e. The molecular formula is C9H17NO6. The molecule has 0 bridgehead atoms. The second-order valence-electron chi connectivity index (χ2n) is 3.67. The highest BCUT2D eigenvalue weighted by atomic mass is 16.8. The molecular weight excluding hydrogens is 222 g/mol. The molecule has 0 aromatic rings. The van der Waals surface area contributed by atoms with Crippen LogP contribution in [0.2, 0.25) is 0 Å². The lowest BCUT2D eigenvalue weighted by Gasteiger charge is -2.41. The molecule has 7 nitrogen and oxygen atoms in total. The second-order valence-corrected chi connectivity index (χ2v) is 3.67. The first-order chi connectivity index (χ1) is 7.51. The summed E-state index contributed by atoms with van der Waals surface area (Å²) in [6.07, 6.45) is -4.35. The molecule has 94 valence electrons. The van der Waals surface area contributed by atoms with Gasteiger partial charge in [-0.25, -0.2) is 0 Å². The number of aliphatic hydroxyl groups is 3. The van der Waals surface area contributed by atoms with Crippen LogP contribution in [0.25, 0.3) is 0 Å². The molecule has 7 heteroatoms. The number of amides is 1. The summed E-state index contributed by atoms with van der Waals surface area (Å²) in [7, 11) is 1.35. The van der Waals surface area contributed by atoms with Crippen molar-refractivity contribution in [3.63, 3.8) is 0 Å². The van der Waals surface area contributed by atoms with Gasteiger partial charge in [-0.15, -0.1) is 0 Å². The minimum Gasteiger partial charge on any atom is -0.394 e. The van der Waals surface area contributed by atoms with Gasteiger partial charge in [0.1, 0.15) is 24.4 Å². The zero-order valence-electron chi connectivity index (χ0n) is 9.16. The van der Waals surface area contributed by atoms with E-state index < -0.39 is 37.3 Å². The molecule has 0 saturated carbocycles. The van der Waals surface area contributed by atoms with Crippen LogP contribution < -0.4 is 5.32 Å². The Bertz CT molecular complexity index is 246. The maximum atomic E-state index is 10.9. The van der Waals surface area contributed by atoms with E-state index in [0.717, 1.165) is 0 Å². The van der Waals surface area contributed by atoms with Gasteiger partial charge < -0.3 is 30.1 Å². The van der Waals surface area contributed by atoms with Crippen molar-refractivity contribution in [2.75, 3.05) is 13.7 Å². The third-order valence-corrected chi connectivity index (χ3v) is 2.48. The highest BCUT2D eigenvalue weighted by molar-refractivity contribution is 5.73. The Labute approximate surface area is 93.0 Å². The van der Waals surface area contributed by atoms with E-state index in [1.54, 1.807) is 0 Å². The van der Waals surface area contributed by atoms with Crippen LogP contribution in [-0.4, -0.2) is 65.6 Å². The van der Waals surface area contributed by atoms with Crippen LogP contribution >= 0.6 is 0 Å². The first kappa shape index (κ1) is 13.3. The van der Waals surface area contributed by atoms with Gasteiger partial charge in [0.15, 0.2) is 6.29 Å². The molecule has 16 heavy (non-hydrogen) atoms. The number of hydrogen-bond acceptors (Lipinski definition) is 6. The fraction of sp³-hybridized carbons (Fsp3) is 0.889. The number of ether oxygens (including phenoxy) is 2. The molecule has 0 aliphatic carbocycles. The Morgan fingerprint density at radius 3 is 2.50 bits per heavy atom. The number of carbonyl (C=O) groups excluding carboxylic acids is 1. The number of nitrogens with one attached hydrogen (secondary N) is 1. The van der Waals surface area contributed by atoms with Crippen LogP contribution in [0.4, 0.5) is 0 Å². The molecule has 1 heterocycles. The Kier molecular flexibility index (Phi) is 4.63. The average molecular weight is 239 g/mol. The third-order valence-electron chi connectivity index (χ3n) is 2.48. The molecule has 1 fully saturated rings. The van der Waals surface area contributed by atoms with Crippen molar-refractivity contribution in [3.8, 4) is 0 Å². The molecule has 0 unspecified atom stereocenters. The van der Waals surface area contributed by atoms with Crippen LogP contribution in [0.15, 0.2) is 0 Å². The molecule has 1 saturated heterocycles. The molecule has 0 radical (unpaired) electrons. The van der Waals surface area contributed by atoms with E-state index >= 15 is 0 Å². The number of aliphatic hydroxyl groups excluding tert-OH is 3. The molecule has 1 aliphatic heterocycles. The number of hydrogen-bond donors (Lipinski definition) is 4. The zero-order chi connectivity index (χ0) is 12.3. The van der Waals surface area contributed by atoms with E-state index in [2.05, 4.69) is 5.32 Å². The van der Waals surface area contributed by atoms with Crippen LogP contribution in [0.5, 0.6) is 0 Å². The summed E-state index contributed by atoms with van der Waals surface area (Å²) in [6, 6.07) is -0.861. The predicted octanol–water partition coefficient (Wildman–Crippen LogP) is -2.42. The fourth-order valence-corrected chi connectivity index (χ4v) is 1.67. The van der Waals surface area contributed by atoms with Crippen molar-refractivity contribution in [3.05, 3.63) is 0 Å². The Morgan fingerprint density at radius 1 is 1.44 bits per heavy atom. The monoisotopic (exact) mass is 239 g/mol. The molecule has 4 N–H and O–H groups in total. The normalized spacial score (nSPS) is 39.4. The highest BCUT2D eigenvalue weighted by Crippen LogP contribution is 2.21. The summed E-state index contributed by atoms with van der Waals surface area (Å²) in [6.45, 7) is 0.842. The summed E-state index contributed by atoms with van der Waals surface area (Å²) in [5.74, 6) is -0.371. The van der Waals surface area contributed by atoms with Crippen LogP contribution in [-0.2, 0) is 14.3 Å². The van der Waals surface area contributed by atoms with Crippen molar-refractivity contribution in [1.82, 2.24) is 5.32 Å². The van der Waals surface area contributed by atoms with E-state index in [1.165, 1.54) is 14.0 Å². The van der Waals surface area contributed by atoms with Crippen LogP contribution in [0.1, 0.15) is 6.92 Å². The van der Waals surface area contributed by atoms with Gasteiger partial charge in [0, 0.05) is 14.0 Å². The largest absolute Gasteiger partial charge is 0.394 e. The first-order valence-corrected chi connectivity index (χ1v) is 4.93. The minimum absolute atomic E-state index is 0.371. The fourth-order valence-electron chi connectivity index (χ4n) is 1.67. The zero-order valence-corrected chi connectivity index (χ0v) is 9.16. The molecule has 0 aromatic heterocycles. The standard InChI is InChI=1S/C9H17NO6/c1-4(12)10-6-8(14)7(13)5(3-11)16-9(6)15-2/h5-9,11,13-14H,3H2,1-2H3,(H,10,12)/t5-,6-,7+,8+,9-/m1/s1/i1+1,4+1,9+1,10+1. The van der Waals surface area contributed by atoms with Gasteiger partial charge in [-0.2, -0.15) is 0 Å². The van der Waals surface area contributed by atoms with Gasteiger partial charge >= 0.3 is 0 Å². The highest BCUT2D eigenvalue weighted by Gasteiger charge is 2.44.